The number of anilines is 1. The number of carbonyl (C=O) groups excluding carboxylic acids is 2. The van der Waals surface area contributed by atoms with Crippen LogP contribution in [0.5, 0.6) is 0 Å². The van der Waals surface area contributed by atoms with Gasteiger partial charge < -0.3 is 14.5 Å². The molecule has 198 valence electrons. The molecule has 0 saturated carbocycles. The van der Waals surface area contributed by atoms with E-state index in [4.69, 9.17) is 9.15 Å². The van der Waals surface area contributed by atoms with Crippen LogP contribution in [0.15, 0.2) is 46.4 Å². The average Bonchev–Trinajstić information content (AvgIpc) is 3.51. The number of halogens is 3. The minimum Gasteiger partial charge on any atom is -0.462 e. The third-order valence-corrected chi connectivity index (χ3v) is 7.29. The number of nitrogens with one attached hydrogen (secondary N) is 1. The molecule has 0 aliphatic heterocycles. The van der Waals surface area contributed by atoms with E-state index in [-0.39, 0.29) is 29.3 Å². The number of ether oxygens (including phenoxy) is 1. The van der Waals surface area contributed by atoms with Gasteiger partial charge >= 0.3 is 12.1 Å². The number of aryl methyl sites for hydroxylation is 1. The Hall–Kier alpha value is -3.84. The molecule has 1 aromatic carbocycles. The summed E-state index contributed by atoms with van der Waals surface area (Å²) in [7, 11) is 0. The van der Waals surface area contributed by atoms with Crippen LogP contribution in [0, 0.1) is 11.3 Å². The fraction of sp³-hybridized carbons (Fsp3) is 0.321. The molecule has 1 N–H and O–H groups in total. The van der Waals surface area contributed by atoms with Crippen LogP contribution in [0.3, 0.4) is 0 Å². The number of hydrogen-bond acceptors (Lipinski definition) is 6. The highest BCUT2D eigenvalue weighted by molar-refractivity contribution is 7.17. The molecule has 0 saturated heterocycles. The number of hydrogen-bond donors (Lipinski definition) is 1. The maximum Gasteiger partial charge on any atom is 0.416 e. The number of benzene rings is 1. The molecular formula is C28H25F3N2O4S. The van der Waals surface area contributed by atoms with Crippen molar-refractivity contribution in [1.29, 1.82) is 5.26 Å². The zero-order valence-electron chi connectivity index (χ0n) is 20.6. The van der Waals surface area contributed by atoms with Crippen molar-refractivity contribution >= 4 is 34.3 Å². The quantitative estimate of drug-likeness (QED) is 0.139. The van der Waals surface area contributed by atoms with Crippen LogP contribution in [-0.2, 0) is 28.5 Å². The molecule has 38 heavy (non-hydrogen) atoms. The number of nitrogens with zero attached hydrogens (tertiary/aromatic N) is 1. The summed E-state index contributed by atoms with van der Waals surface area (Å²) >= 11 is 1.31. The van der Waals surface area contributed by atoms with Crippen LogP contribution < -0.4 is 5.32 Å². The van der Waals surface area contributed by atoms with E-state index in [1.807, 2.05) is 13.0 Å². The molecule has 1 amide bonds. The van der Waals surface area contributed by atoms with Crippen LogP contribution >= 0.6 is 11.3 Å². The number of amides is 1. The molecule has 2 aromatic heterocycles. The molecule has 1 aliphatic carbocycles. The Kier molecular flexibility index (Phi) is 8.37. The fourth-order valence-electron chi connectivity index (χ4n) is 4.15. The molecule has 10 heteroatoms. The van der Waals surface area contributed by atoms with Gasteiger partial charge in [0.25, 0.3) is 5.91 Å². The second-order valence-corrected chi connectivity index (χ2v) is 9.91. The zero-order valence-corrected chi connectivity index (χ0v) is 21.4. The Morgan fingerprint density at radius 2 is 2.00 bits per heavy atom. The van der Waals surface area contributed by atoms with E-state index in [9.17, 15) is 28.0 Å². The smallest absolute Gasteiger partial charge is 0.416 e. The highest BCUT2D eigenvalue weighted by Crippen LogP contribution is 2.39. The Balaban J connectivity index is 1.56. The van der Waals surface area contributed by atoms with Crippen LogP contribution in [0.25, 0.3) is 17.4 Å². The van der Waals surface area contributed by atoms with Gasteiger partial charge in [0.15, 0.2) is 0 Å². The number of unbranched alkanes of at least 4 members (excludes halogenated alkanes) is 1. The lowest BCUT2D eigenvalue weighted by Crippen LogP contribution is -2.17. The fourth-order valence-corrected chi connectivity index (χ4v) is 5.42. The van der Waals surface area contributed by atoms with Crippen molar-refractivity contribution in [3.8, 4) is 17.4 Å². The van der Waals surface area contributed by atoms with E-state index < -0.39 is 23.6 Å². The maximum absolute atomic E-state index is 13.1. The molecule has 4 rings (SSSR count). The SMILES string of the molecule is CCCCOC(=O)c1c(NC(=O)C(C#N)=Cc2ccc(-c3cccc(C(F)(F)F)c3)o2)sc2c1CCCC2. The molecule has 0 fully saturated rings. The van der Waals surface area contributed by atoms with Gasteiger partial charge in [-0.1, -0.05) is 25.5 Å². The standard InChI is InChI=1S/C28H25F3N2O4S/c1-2-3-13-36-27(35)24-21-9-4-5-10-23(21)38-26(24)33-25(34)18(16-32)15-20-11-12-22(37-20)17-7-6-8-19(14-17)28(29,30)31/h6-8,11-12,14-15H,2-5,9-10,13H2,1H3,(H,33,34). The van der Waals surface area contributed by atoms with Crippen molar-refractivity contribution in [3.05, 3.63) is 69.3 Å². The summed E-state index contributed by atoms with van der Waals surface area (Å²) in [5.41, 5.74) is 0.335. The zero-order chi connectivity index (χ0) is 27.3. The first-order valence-corrected chi connectivity index (χ1v) is 13.0. The number of alkyl halides is 3. The molecule has 1 aliphatic rings. The Morgan fingerprint density at radius 1 is 1.21 bits per heavy atom. The first-order valence-electron chi connectivity index (χ1n) is 12.2. The van der Waals surface area contributed by atoms with Gasteiger partial charge in [-0.2, -0.15) is 18.4 Å². The van der Waals surface area contributed by atoms with Crippen molar-refractivity contribution in [2.75, 3.05) is 11.9 Å². The molecule has 3 aromatic rings. The van der Waals surface area contributed by atoms with Gasteiger partial charge in [0.2, 0.25) is 0 Å². The summed E-state index contributed by atoms with van der Waals surface area (Å²) in [4.78, 5) is 26.9. The molecular weight excluding hydrogens is 517 g/mol. The predicted octanol–water partition coefficient (Wildman–Crippen LogP) is 7.41. The van der Waals surface area contributed by atoms with Crippen LogP contribution in [0.4, 0.5) is 18.2 Å². The third kappa shape index (κ3) is 6.17. The van der Waals surface area contributed by atoms with Crippen molar-refractivity contribution < 1.29 is 31.9 Å². The lowest BCUT2D eigenvalue weighted by atomic mass is 9.95. The Morgan fingerprint density at radius 3 is 2.74 bits per heavy atom. The van der Waals surface area contributed by atoms with E-state index >= 15 is 0 Å². The van der Waals surface area contributed by atoms with Gasteiger partial charge in [0, 0.05) is 16.5 Å². The second-order valence-electron chi connectivity index (χ2n) is 8.81. The van der Waals surface area contributed by atoms with Gasteiger partial charge in [-0.15, -0.1) is 11.3 Å². The molecule has 2 heterocycles. The molecule has 0 radical (unpaired) electrons. The van der Waals surface area contributed by atoms with Crippen molar-refractivity contribution in [1.82, 2.24) is 0 Å². The summed E-state index contributed by atoms with van der Waals surface area (Å²) < 4.78 is 50.2. The predicted molar refractivity (Wildman–Crippen MR) is 138 cm³/mol. The lowest BCUT2D eigenvalue weighted by Gasteiger charge is -2.12. The summed E-state index contributed by atoms with van der Waals surface area (Å²) in [5.74, 6) is -0.949. The summed E-state index contributed by atoms with van der Waals surface area (Å²) in [5, 5.41) is 12.7. The number of thiophene rings is 1. The van der Waals surface area contributed by atoms with Gasteiger partial charge in [-0.25, -0.2) is 4.79 Å². The van der Waals surface area contributed by atoms with Crippen LogP contribution in [0.1, 0.15) is 64.7 Å². The van der Waals surface area contributed by atoms with E-state index in [1.54, 1.807) is 0 Å². The number of fused-ring (bicyclic) bond motifs is 1. The van der Waals surface area contributed by atoms with Crippen LogP contribution in [-0.4, -0.2) is 18.5 Å². The summed E-state index contributed by atoms with van der Waals surface area (Å²) in [6.45, 7) is 2.27. The van der Waals surface area contributed by atoms with Crippen molar-refractivity contribution in [2.45, 2.75) is 51.6 Å². The largest absolute Gasteiger partial charge is 0.462 e. The number of carbonyl (C=O) groups is 2. The van der Waals surface area contributed by atoms with E-state index in [0.29, 0.717) is 17.0 Å². The number of furan rings is 1. The van der Waals surface area contributed by atoms with E-state index in [1.165, 1.54) is 41.7 Å². The van der Waals surface area contributed by atoms with Crippen LogP contribution in [0.2, 0.25) is 0 Å². The van der Waals surface area contributed by atoms with Gasteiger partial charge in [0.1, 0.15) is 28.2 Å². The normalized spacial score (nSPS) is 13.5. The average molecular weight is 543 g/mol. The van der Waals surface area contributed by atoms with Crippen molar-refractivity contribution in [2.24, 2.45) is 0 Å². The first-order chi connectivity index (χ1) is 18.2. The van der Waals surface area contributed by atoms with Crippen molar-refractivity contribution in [3.63, 3.8) is 0 Å². The highest BCUT2D eigenvalue weighted by Gasteiger charge is 2.31. The summed E-state index contributed by atoms with van der Waals surface area (Å²) in [6.07, 6.45) is 1.74. The molecule has 0 unspecified atom stereocenters. The van der Waals surface area contributed by atoms with E-state index in [0.717, 1.165) is 54.7 Å². The van der Waals surface area contributed by atoms with Gasteiger partial charge in [-0.05, 0) is 61.9 Å². The Bertz CT molecular complexity index is 1410. The monoisotopic (exact) mass is 542 g/mol. The number of nitriles is 1. The molecule has 0 atom stereocenters. The first kappa shape index (κ1) is 27.2. The minimum atomic E-state index is -4.50. The highest BCUT2D eigenvalue weighted by atomic mass is 32.1. The minimum absolute atomic E-state index is 0.119. The second kappa shape index (κ2) is 11.7. The third-order valence-electron chi connectivity index (χ3n) is 6.09. The number of esters is 1. The molecule has 0 bridgehead atoms. The number of rotatable bonds is 8. The van der Waals surface area contributed by atoms with Gasteiger partial charge in [0.05, 0.1) is 17.7 Å². The maximum atomic E-state index is 13.1. The molecule has 6 nitrogen and oxygen atoms in total. The Labute approximate surface area is 221 Å². The lowest BCUT2D eigenvalue weighted by molar-refractivity contribution is -0.137. The topological polar surface area (TPSA) is 92.3 Å². The van der Waals surface area contributed by atoms with Gasteiger partial charge in [-0.3, -0.25) is 4.79 Å². The molecule has 0 spiro atoms. The van der Waals surface area contributed by atoms with E-state index in [2.05, 4.69) is 5.32 Å². The summed E-state index contributed by atoms with van der Waals surface area (Å²) in [6, 6.07) is 9.42.